The van der Waals surface area contributed by atoms with Crippen molar-refractivity contribution in [1.29, 1.82) is 0 Å². The number of amides is 2. The molecule has 0 bridgehead atoms. The zero-order chi connectivity index (χ0) is 13.7. The highest BCUT2D eigenvalue weighted by Gasteiger charge is 2.28. The quantitative estimate of drug-likeness (QED) is 0.590. The minimum Gasteiger partial charge on any atom is -0.273 e. The van der Waals surface area contributed by atoms with Gasteiger partial charge in [-0.15, -0.1) is 0 Å². The molecule has 2 N–H and O–H groups in total. The third kappa shape index (κ3) is 3.44. The molecule has 0 saturated heterocycles. The van der Waals surface area contributed by atoms with Crippen LogP contribution in [0, 0.1) is 5.92 Å². The summed E-state index contributed by atoms with van der Waals surface area (Å²) in [6.07, 6.45) is 3.10. The fraction of sp³-hybridized carbons (Fsp3) is 0.250. The van der Waals surface area contributed by atoms with Crippen LogP contribution in [0.2, 0.25) is 0 Å². The van der Waals surface area contributed by atoms with Crippen molar-refractivity contribution in [2.45, 2.75) is 13.3 Å². The van der Waals surface area contributed by atoms with Crippen molar-refractivity contribution >= 4 is 23.7 Å². The Morgan fingerprint density at radius 3 is 3.05 bits per heavy atom. The number of hydrogen-bond acceptors (Lipinski definition) is 5. The molecule has 0 radical (unpaired) electrons. The molecule has 0 saturated carbocycles. The summed E-state index contributed by atoms with van der Waals surface area (Å²) < 4.78 is 0. The van der Waals surface area contributed by atoms with E-state index in [1.807, 2.05) is 6.07 Å². The van der Waals surface area contributed by atoms with E-state index in [1.165, 1.54) is 6.21 Å². The fourth-order valence-electron chi connectivity index (χ4n) is 1.58. The highest BCUT2D eigenvalue weighted by molar-refractivity contribution is 6.09. The Morgan fingerprint density at radius 2 is 2.42 bits per heavy atom. The Bertz CT molecular complexity index is 538. The van der Waals surface area contributed by atoms with Crippen LogP contribution >= 0.6 is 0 Å². The zero-order valence-corrected chi connectivity index (χ0v) is 10.3. The van der Waals surface area contributed by atoms with E-state index >= 15 is 0 Å². The second-order valence-electron chi connectivity index (χ2n) is 4.03. The second kappa shape index (κ2) is 5.85. The van der Waals surface area contributed by atoms with Crippen LogP contribution in [0.15, 0.2) is 34.6 Å². The number of rotatable bonds is 4. The van der Waals surface area contributed by atoms with Crippen molar-refractivity contribution in [1.82, 2.24) is 15.8 Å². The predicted molar refractivity (Wildman–Crippen MR) is 69.3 cm³/mol. The molecule has 1 aliphatic rings. The predicted octanol–water partition coefficient (Wildman–Crippen LogP) is 0.0437. The third-order valence-electron chi connectivity index (χ3n) is 2.63. The topological polar surface area (TPSA) is 95.8 Å². The summed E-state index contributed by atoms with van der Waals surface area (Å²) >= 11 is 0. The van der Waals surface area contributed by atoms with Gasteiger partial charge in [0.05, 0.1) is 17.8 Å². The monoisotopic (exact) mass is 259 g/mol. The molecular formula is C12H13N5O2. The molecule has 2 heterocycles. The van der Waals surface area contributed by atoms with Gasteiger partial charge in [0.15, 0.2) is 0 Å². The first-order valence-corrected chi connectivity index (χ1v) is 5.74. The maximum atomic E-state index is 11.6. The molecule has 0 unspecified atom stereocenters. The van der Waals surface area contributed by atoms with E-state index in [-0.39, 0.29) is 18.2 Å². The second-order valence-corrected chi connectivity index (χ2v) is 4.03. The van der Waals surface area contributed by atoms with E-state index in [1.54, 1.807) is 25.3 Å². The molecule has 0 spiro atoms. The number of pyridine rings is 1. The van der Waals surface area contributed by atoms with Crippen LogP contribution in [0.1, 0.15) is 19.0 Å². The Labute approximate surface area is 109 Å². The van der Waals surface area contributed by atoms with Crippen molar-refractivity contribution in [2.75, 3.05) is 0 Å². The highest BCUT2D eigenvalue weighted by Crippen LogP contribution is 2.11. The molecule has 1 atom stereocenters. The number of aromatic nitrogens is 1. The van der Waals surface area contributed by atoms with Gasteiger partial charge in [-0.25, -0.2) is 10.9 Å². The molecular weight excluding hydrogens is 246 g/mol. The first kappa shape index (κ1) is 12.9. The largest absolute Gasteiger partial charge is 0.273 e. The average Bonchev–Trinajstić information content (AvgIpc) is 2.72. The van der Waals surface area contributed by atoms with Crippen molar-refractivity contribution in [3.63, 3.8) is 0 Å². The summed E-state index contributed by atoms with van der Waals surface area (Å²) in [4.78, 5) is 27.0. The lowest BCUT2D eigenvalue weighted by atomic mass is 10.0. The lowest BCUT2D eigenvalue weighted by molar-refractivity contribution is -0.127. The summed E-state index contributed by atoms with van der Waals surface area (Å²) in [6, 6.07) is 5.37. The minimum atomic E-state index is -0.509. The van der Waals surface area contributed by atoms with Crippen molar-refractivity contribution in [3.8, 4) is 0 Å². The van der Waals surface area contributed by atoms with E-state index < -0.39 is 5.92 Å². The van der Waals surface area contributed by atoms with Gasteiger partial charge in [0.25, 0.3) is 0 Å². The van der Waals surface area contributed by atoms with Gasteiger partial charge in [-0.3, -0.25) is 14.6 Å². The van der Waals surface area contributed by atoms with E-state index in [2.05, 4.69) is 26.0 Å². The first-order chi connectivity index (χ1) is 9.16. The van der Waals surface area contributed by atoms with E-state index in [9.17, 15) is 9.59 Å². The van der Waals surface area contributed by atoms with Gasteiger partial charge in [-0.2, -0.15) is 10.2 Å². The molecule has 1 aliphatic heterocycles. The van der Waals surface area contributed by atoms with Crippen LogP contribution in [-0.2, 0) is 9.59 Å². The molecule has 7 nitrogen and oxygen atoms in total. The number of nitrogens with zero attached hydrogens (tertiary/aromatic N) is 3. The average molecular weight is 259 g/mol. The summed E-state index contributed by atoms with van der Waals surface area (Å²) in [5.74, 6) is -1.12. The fourth-order valence-corrected chi connectivity index (χ4v) is 1.58. The van der Waals surface area contributed by atoms with Gasteiger partial charge in [-0.05, 0) is 19.1 Å². The SMILES string of the molecule is CC1=NNC(=O)[C@@H]1CC(=O)NN=Cc1ccccn1. The standard InChI is InChI=1S/C12H13N5O2/c1-8-10(12(19)17-15-8)6-11(18)16-14-7-9-4-2-3-5-13-9/h2-5,7,10H,6H2,1H3,(H,16,18)(H,17,19)/t10-/m1/s1. The Kier molecular flexibility index (Phi) is 3.97. The van der Waals surface area contributed by atoms with Gasteiger partial charge in [0, 0.05) is 18.3 Å². The number of nitrogens with one attached hydrogen (secondary N) is 2. The number of carbonyl (C=O) groups excluding carboxylic acids is 2. The van der Waals surface area contributed by atoms with Crippen LogP contribution in [-0.4, -0.2) is 28.7 Å². The summed E-state index contributed by atoms with van der Waals surface area (Å²) in [5.41, 5.74) is 5.93. The van der Waals surface area contributed by atoms with Crippen molar-refractivity contribution < 1.29 is 9.59 Å². The van der Waals surface area contributed by atoms with E-state index in [0.717, 1.165) is 0 Å². The maximum absolute atomic E-state index is 11.6. The lowest BCUT2D eigenvalue weighted by Crippen LogP contribution is -2.29. The van der Waals surface area contributed by atoms with Crippen LogP contribution in [0.25, 0.3) is 0 Å². The Morgan fingerprint density at radius 1 is 1.58 bits per heavy atom. The smallest absolute Gasteiger partial charge is 0.249 e. The van der Waals surface area contributed by atoms with Crippen LogP contribution in [0.3, 0.4) is 0 Å². The van der Waals surface area contributed by atoms with Gasteiger partial charge in [0.1, 0.15) is 0 Å². The molecule has 1 aromatic rings. The van der Waals surface area contributed by atoms with Crippen molar-refractivity contribution in [2.24, 2.45) is 16.1 Å². The normalized spacial score (nSPS) is 18.3. The molecule has 19 heavy (non-hydrogen) atoms. The first-order valence-electron chi connectivity index (χ1n) is 5.74. The Hall–Kier alpha value is -2.57. The highest BCUT2D eigenvalue weighted by atomic mass is 16.2. The minimum absolute atomic E-state index is 0.0285. The lowest BCUT2D eigenvalue weighted by Gasteiger charge is -2.05. The number of hydrazone groups is 2. The van der Waals surface area contributed by atoms with E-state index in [4.69, 9.17) is 0 Å². The number of carbonyl (C=O) groups is 2. The summed E-state index contributed by atoms with van der Waals surface area (Å²) in [6.45, 7) is 1.70. The maximum Gasteiger partial charge on any atom is 0.249 e. The zero-order valence-electron chi connectivity index (χ0n) is 10.3. The number of hydrogen-bond donors (Lipinski definition) is 2. The molecule has 0 aliphatic carbocycles. The molecule has 98 valence electrons. The van der Waals surface area contributed by atoms with Crippen LogP contribution in [0.5, 0.6) is 0 Å². The third-order valence-corrected chi connectivity index (χ3v) is 2.63. The van der Waals surface area contributed by atoms with Gasteiger partial charge in [-0.1, -0.05) is 6.07 Å². The van der Waals surface area contributed by atoms with Gasteiger partial charge in [0.2, 0.25) is 11.8 Å². The van der Waals surface area contributed by atoms with Crippen LogP contribution in [0.4, 0.5) is 0 Å². The summed E-state index contributed by atoms with van der Waals surface area (Å²) in [7, 11) is 0. The van der Waals surface area contributed by atoms with Gasteiger partial charge >= 0.3 is 0 Å². The molecule has 0 fully saturated rings. The molecule has 7 heteroatoms. The Balaban J connectivity index is 1.84. The molecule has 0 aromatic carbocycles. The van der Waals surface area contributed by atoms with Crippen molar-refractivity contribution in [3.05, 3.63) is 30.1 Å². The summed E-state index contributed by atoms with van der Waals surface area (Å²) in [5, 5.41) is 7.54. The molecule has 2 rings (SSSR count). The molecule has 1 aromatic heterocycles. The van der Waals surface area contributed by atoms with Gasteiger partial charge < -0.3 is 0 Å². The molecule has 2 amide bonds. The van der Waals surface area contributed by atoms with E-state index in [0.29, 0.717) is 11.4 Å². The van der Waals surface area contributed by atoms with Crippen LogP contribution < -0.4 is 10.9 Å².